The molecule has 86 valence electrons. The standard InChI is InChI=1S/C11H18O4/c1-3-8-6-4-5-7-11(8,14)9(12)10(13)15-2/h8,14H,3-7H2,1-2H3/t8-,11-/m0/s1. The van der Waals surface area contributed by atoms with Crippen molar-refractivity contribution in [1.82, 2.24) is 0 Å². The normalized spacial score (nSPS) is 31.0. The number of esters is 1. The monoisotopic (exact) mass is 214 g/mol. The molecule has 0 aliphatic heterocycles. The number of Topliss-reactive ketones (excluding diaryl/α,β-unsaturated/α-hetero) is 1. The highest BCUT2D eigenvalue weighted by molar-refractivity contribution is 6.36. The lowest BCUT2D eigenvalue weighted by Crippen LogP contribution is -2.51. The Balaban J connectivity index is 2.86. The van der Waals surface area contributed by atoms with Crippen LogP contribution in [0.25, 0.3) is 0 Å². The Kier molecular flexibility index (Phi) is 3.85. The van der Waals surface area contributed by atoms with Crippen LogP contribution in [-0.2, 0) is 14.3 Å². The maximum atomic E-state index is 11.7. The molecule has 0 bridgehead atoms. The SMILES string of the molecule is CC[C@H]1CCCC[C@@]1(O)C(=O)C(=O)OC. The van der Waals surface area contributed by atoms with E-state index in [1.807, 2.05) is 6.92 Å². The number of carbonyl (C=O) groups excluding carboxylic acids is 2. The van der Waals surface area contributed by atoms with Crippen LogP contribution in [0.2, 0.25) is 0 Å². The fourth-order valence-electron chi connectivity index (χ4n) is 2.34. The molecular weight excluding hydrogens is 196 g/mol. The molecule has 1 aliphatic carbocycles. The predicted molar refractivity (Wildman–Crippen MR) is 54.2 cm³/mol. The quantitative estimate of drug-likeness (QED) is 0.563. The van der Waals surface area contributed by atoms with Crippen molar-refractivity contribution in [3.05, 3.63) is 0 Å². The van der Waals surface area contributed by atoms with Crippen LogP contribution in [0.1, 0.15) is 39.0 Å². The van der Waals surface area contributed by atoms with Crippen LogP contribution in [0.15, 0.2) is 0 Å². The van der Waals surface area contributed by atoms with Gasteiger partial charge in [0.1, 0.15) is 5.60 Å². The summed E-state index contributed by atoms with van der Waals surface area (Å²) in [5, 5.41) is 10.3. The van der Waals surface area contributed by atoms with Gasteiger partial charge in [0.25, 0.3) is 5.78 Å². The van der Waals surface area contributed by atoms with Gasteiger partial charge in [-0.3, -0.25) is 4.79 Å². The van der Waals surface area contributed by atoms with E-state index in [1.54, 1.807) is 0 Å². The molecule has 1 aliphatic rings. The van der Waals surface area contributed by atoms with Gasteiger partial charge in [-0.25, -0.2) is 4.79 Å². The van der Waals surface area contributed by atoms with Gasteiger partial charge < -0.3 is 9.84 Å². The zero-order chi connectivity index (χ0) is 11.5. The molecule has 0 aromatic carbocycles. The van der Waals surface area contributed by atoms with Crippen molar-refractivity contribution in [3.8, 4) is 0 Å². The second-order valence-electron chi connectivity index (χ2n) is 4.10. The Labute approximate surface area is 89.6 Å². The average Bonchev–Trinajstić information content (AvgIpc) is 2.27. The molecule has 0 spiro atoms. The Bertz CT molecular complexity index is 261. The summed E-state index contributed by atoms with van der Waals surface area (Å²) >= 11 is 0. The lowest BCUT2D eigenvalue weighted by molar-refractivity contribution is -0.166. The third-order valence-electron chi connectivity index (χ3n) is 3.29. The maximum Gasteiger partial charge on any atom is 0.377 e. The first kappa shape index (κ1) is 12.2. The van der Waals surface area contributed by atoms with Crippen LogP contribution in [-0.4, -0.2) is 29.6 Å². The number of hydrogen-bond acceptors (Lipinski definition) is 4. The van der Waals surface area contributed by atoms with Gasteiger partial charge in [0, 0.05) is 0 Å². The zero-order valence-electron chi connectivity index (χ0n) is 9.28. The van der Waals surface area contributed by atoms with Crippen LogP contribution in [0.5, 0.6) is 0 Å². The number of ether oxygens (including phenoxy) is 1. The first-order chi connectivity index (χ1) is 7.06. The molecule has 2 atom stereocenters. The number of hydrogen-bond donors (Lipinski definition) is 1. The molecule has 1 fully saturated rings. The van der Waals surface area contributed by atoms with E-state index in [2.05, 4.69) is 4.74 Å². The molecular formula is C11H18O4. The summed E-state index contributed by atoms with van der Waals surface area (Å²) in [4.78, 5) is 22.8. The highest BCUT2D eigenvalue weighted by Crippen LogP contribution is 2.36. The Morgan fingerprint density at radius 1 is 1.47 bits per heavy atom. The van der Waals surface area contributed by atoms with Crippen molar-refractivity contribution >= 4 is 11.8 Å². The molecule has 0 heterocycles. The van der Waals surface area contributed by atoms with Crippen LogP contribution in [0.4, 0.5) is 0 Å². The second-order valence-corrected chi connectivity index (χ2v) is 4.10. The number of methoxy groups -OCH3 is 1. The first-order valence-electron chi connectivity index (χ1n) is 5.41. The fourth-order valence-corrected chi connectivity index (χ4v) is 2.34. The number of rotatable bonds is 3. The van der Waals surface area contributed by atoms with E-state index in [9.17, 15) is 14.7 Å². The van der Waals surface area contributed by atoms with Gasteiger partial charge in [-0.2, -0.15) is 0 Å². The lowest BCUT2D eigenvalue weighted by atomic mass is 9.72. The predicted octanol–water partition coefficient (Wildman–Crippen LogP) is 1.06. The van der Waals surface area contributed by atoms with Gasteiger partial charge in [0.15, 0.2) is 0 Å². The van der Waals surface area contributed by atoms with Crippen molar-refractivity contribution in [2.24, 2.45) is 5.92 Å². The van der Waals surface area contributed by atoms with Gasteiger partial charge in [-0.05, 0) is 18.8 Å². The van der Waals surface area contributed by atoms with E-state index in [0.717, 1.165) is 26.4 Å². The van der Waals surface area contributed by atoms with Gasteiger partial charge >= 0.3 is 5.97 Å². The zero-order valence-corrected chi connectivity index (χ0v) is 9.28. The van der Waals surface area contributed by atoms with E-state index in [-0.39, 0.29) is 5.92 Å². The van der Waals surface area contributed by atoms with Crippen molar-refractivity contribution in [1.29, 1.82) is 0 Å². The van der Waals surface area contributed by atoms with Gasteiger partial charge in [0.2, 0.25) is 0 Å². The molecule has 4 heteroatoms. The number of ketones is 1. The third kappa shape index (κ3) is 2.20. The molecule has 0 radical (unpaired) electrons. The van der Waals surface area contributed by atoms with Crippen molar-refractivity contribution < 1.29 is 19.4 Å². The maximum absolute atomic E-state index is 11.7. The Hall–Kier alpha value is -0.900. The van der Waals surface area contributed by atoms with E-state index in [1.165, 1.54) is 0 Å². The summed E-state index contributed by atoms with van der Waals surface area (Å²) in [6.07, 6.45) is 3.68. The summed E-state index contributed by atoms with van der Waals surface area (Å²) < 4.78 is 4.37. The molecule has 0 saturated heterocycles. The number of aliphatic hydroxyl groups is 1. The molecule has 0 amide bonds. The fraction of sp³-hybridized carbons (Fsp3) is 0.818. The summed E-state index contributed by atoms with van der Waals surface area (Å²) in [6.45, 7) is 1.92. The second kappa shape index (κ2) is 4.75. The topological polar surface area (TPSA) is 63.6 Å². The molecule has 4 nitrogen and oxygen atoms in total. The van der Waals surface area contributed by atoms with Crippen molar-refractivity contribution in [2.45, 2.75) is 44.6 Å². The lowest BCUT2D eigenvalue weighted by Gasteiger charge is -2.37. The smallest absolute Gasteiger partial charge is 0.377 e. The molecule has 15 heavy (non-hydrogen) atoms. The minimum Gasteiger partial charge on any atom is -0.463 e. The summed E-state index contributed by atoms with van der Waals surface area (Å²) in [5.74, 6) is -1.83. The van der Waals surface area contributed by atoms with E-state index >= 15 is 0 Å². The molecule has 1 saturated carbocycles. The van der Waals surface area contributed by atoms with Crippen molar-refractivity contribution in [3.63, 3.8) is 0 Å². The highest BCUT2D eigenvalue weighted by atomic mass is 16.5. The summed E-state index contributed by atoms with van der Waals surface area (Å²) in [6, 6.07) is 0. The molecule has 0 aromatic heterocycles. The van der Waals surface area contributed by atoms with E-state index in [0.29, 0.717) is 12.8 Å². The largest absolute Gasteiger partial charge is 0.463 e. The number of carbonyl (C=O) groups is 2. The highest BCUT2D eigenvalue weighted by Gasteiger charge is 2.47. The van der Waals surface area contributed by atoms with E-state index < -0.39 is 17.4 Å². The molecule has 0 aromatic rings. The molecule has 0 unspecified atom stereocenters. The van der Waals surface area contributed by atoms with Gasteiger partial charge in [-0.1, -0.05) is 26.2 Å². The minimum absolute atomic E-state index is 0.113. The Morgan fingerprint density at radius 2 is 2.13 bits per heavy atom. The van der Waals surface area contributed by atoms with Gasteiger partial charge in [0.05, 0.1) is 7.11 Å². The van der Waals surface area contributed by atoms with Crippen LogP contribution < -0.4 is 0 Å². The van der Waals surface area contributed by atoms with Crippen LogP contribution >= 0.6 is 0 Å². The van der Waals surface area contributed by atoms with Crippen LogP contribution in [0.3, 0.4) is 0 Å². The van der Waals surface area contributed by atoms with Gasteiger partial charge in [-0.15, -0.1) is 0 Å². The first-order valence-corrected chi connectivity index (χ1v) is 5.41. The third-order valence-corrected chi connectivity index (χ3v) is 3.29. The van der Waals surface area contributed by atoms with E-state index in [4.69, 9.17) is 0 Å². The average molecular weight is 214 g/mol. The summed E-state index contributed by atoms with van der Waals surface area (Å²) in [7, 11) is 1.16. The molecule has 1 rings (SSSR count). The Morgan fingerprint density at radius 3 is 2.67 bits per heavy atom. The summed E-state index contributed by atoms with van der Waals surface area (Å²) in [5.41, 5.74) is -1.49. The minimum atomic E-state index is -1.49. The molecule has 1 N–H and O–H groups in total. The van der Waals surface area contributed by atoms with Crippen LogP contribution in [0, 0.1) is 5.92 Å². The van der Waals surface area contributed by atoms with Crippen molar-refractivity contribution in [2.75, 3.05) is 7.11 Å².